The zero-order chi connectivity index (χ0) is 16.6. The highest BCUT2D eigenvalue weighted by Gasteiger charge is 2.55. The molecule has 3 nitrogen and oxygen atoms in total. The standard InChI is InChI=1S/C21H23NO2/c1-24-19-10-6-5-9-18(19)21(12-13-21)20(23)22-14-11-17(15-22)16-7-3-2-4-8-16/h2-10,17H,11-15H2,1H3. The van der Waals surface area contributed by atoms with Crippen molar-refractivity contribution in [3.8, 4) is 5.75 Å². The third-order valence-corrected chi connectivity index (χ3v) is 5.53. The summed E-state index contributed by atoms with van der Waals surface area (Å²) in [4.78, 5) is 15.3. The fourth-order valence-corrected chi connectivity index (χ4v) is 4.01. The third-order valence-electron chi connectivity index (χ3n) is 5.53. The van der Waals surface area contributed by atoms with E-state index >= 15 is 0 Å². The van der Waals surface area contributed by atoms with Crippen molar-refractivity contribution in [3.63, 3.8) is 0 Å². The van der Waals surface area contributed by atoms with Crippen molar-refractivity contribution in [1.82, 2.24) is 4.90 Å². The molecule has 2 aromatic rings. The van der Waals surface area contributed by atoms with Crippen LogP contribution in [0.1, 0.15) is 36.3 Å². The van der Waals surface area contributed by atoms with Crippen LogP contribution in [0.5, 0.6) is 5.75 Å². The number of hydrogen-bond donors (Lipinski definition) is 0. The fourth-order valence-electron chi connectivity index (χ4n) is 4.01. The van der Waals surface area contributed by atoms with Crippen LogP contribution in [-0.2, 0) is 10.2 Å². The molecule has 1 amide bonds. The first kappa shape index (κ1) is 15.3. The van der Waals surface area contributed by atoms with Gasteiger partial charge in [-0.15, -0.1) is 0 Å². The Morgan fingerprint density at radius 1 is 1.08 bits per heavy atom. The first-order valence-electron chi connectivity index (χ1n) is 8.72. The smallest absolute Gasteiger partial charge is 0.233 e. The molecule has 1 saturated carbocycles. The minimum atomic E-state index is -0.349. The molecule has 1 unspecified atom stereocenters. The molecule has 1 atom stereocenters. The van der Waals surface area contributed by atoms with E-state index in [0.29, 0.717) is 5.92 Å². The summed E-state index contributed by atoms with van der Waals surface area (Å²) in [5.74, 6) is 1.58. The van der Waals surface area contributed by atoms with Crippen molar-refractivity contribution in [3.05, 3.63) is 65.7 Å². The molecule has 1 aliphatic carbocycles. The number of nitrogens with zero attached hydrogens (tertiary/aromatic N) is 1. The van der Waals surface area contributed by atoms with Gasteiger partial charge in [0.25, 0.3) is 0 Å². The van der Waals surface area contributed by atoms with Crippen LogP contribution in [-0.4, -0.2) is 31.0 Å². The summed E-state index contributed by atoms with van der Waals surface area (Å²) in [7, 11) is 1.68. The van der Waals surface area contributed by atoms with E-state index in [1.54, 1.807) is 7.11 Å². The highest BCUT2D eigenvalue weighted by atomic mass is 16.5. The molecule has 0 bridgehead atoms. The van der Waals surface area contributed by atoms with Gasteiger partial charge in [0.05, 0.1) is 12.5 Å². The number of hydrogen-bond acceptors (Lipinski definition) is 2. The molecule has 1 aliphatic heterocycles. The van der Waals surface area contributed by atoms with Gasteiger partial charge in [0.1, 0.15) is 5.75 Å². The van der Waals surface area contributed by atoms with Crippen LogP contribution in [0.25, 0.3) is 0 Å². The molecule has 24 heavy (non-hydrogen) atoms. The number of methoxy groups -OCH3 is 1. The summed E-state index contributed by atoms with van der Waals surface area (Å²) in [5, 5.41) is 0. The van der Waals surface area contributed by atoms with E-state index in [-0.39, 0.29) is 11.3 Å². The zero-order valence-corrected chi connectivity index (χ0v) is 14.1. The van der Waals surface area contributed by atoms with E-state index < -0.39 is 0 Å². The van der Waals surface area contributed by atoms with Crippen molar-refractivity contribution < 1.29 is 9.53 Å². The maximum absolute atomic E-state index is 13.2. The SMILES string of the molecule is COc1ccccc1C1(C(=O)N2CCC(c3ccccc3)C2)CC1. The predicted octanol–water partition coefficient (Wildman–Crippen LogP) is 3.74. The van der Waals surface area contributed by atoms with E-state index in [4.69, 9.17) is 4.74 Å². The average molecular weight is 321 g/mol. The lowest BCUT2D eigenvalue weighted by Crippen LogP contribution is -2.37. The van der Waals surface area contributed by atoms with E-state index in [1.807, 2.05) is 24.3 Å². The van der Waals surface area contributed by atoms with E-state index in [0.717, 1.165) is 43.7 Å². The first-order valence-corrected chi connectivity index (χ1v) is 8.72. The Balaban J connectivity index is 1.54. The molecule has 0 aromatic heterocycles. The molecule has 1 heterocycles. The third kappa shape index (κ3) is 2.48. The molecule has 2 aromatic carbocycles. The van der Waals surface area contributed by atoms with E-state index in [9.17, 15) is 4.79 Å². The van der Waals surface area contributed by atoms with Crippen molar-refractivity contribution in [2.24, 2.45) is 0 Å². The number of para-hydroxylation sites is 1. The molecular weight excluding hydrogens is 298 g/mol. The maximum atomic E-state index is 13.2. The summed E-state index contributed by atoms with van der Waals surface area (Å²) in [6.07, 6.45) is 2.91. The van der Waals surface area contributed by atoms with E-state index in [2.05, 4.69) is 35.2 Å². The Morgan fingerprint density at radius 2 is 1.79 bits per heavy atom. The summed E-state index contributed by atoms with van der Waals surface area (Å²) >= 11 is 0. The van der Waals surface area contributed by atoms with Crippen LogP contribution < -0.4 is 4.74 Å². The minimum absolute atomic E-state index is 0.283. The summed E-state index contributed by atoms with van der Waals surface area (Å²) < 4.78 is 5.50. The summed E-state index contributed by atoms with van der Waals surface area (Å²) in [6.45, 7) is 1.69. The van der Waals surface area contributed by atoms with Gasteiger partial charge in [0, 0.05) is 24.6 Å². The maximum Gasteiger partial charge on any atom is 0.233 e. The normalized spacial score (nSPS) is 21.5. The van der Waals surface area contributed by atoms with Gasteiger partial charge in [-0.1, -0.05) is 48.5 Å². The molecule has 124 valence electrons. The molecule has 1 saturated heterocycles. The van der Waals surface area contributed by atoms with Crippen LogP contribution in [0.2, 0.25) is 0 Å². The monoisotopic (exact) mass is 321 g/mol. The number of carbonyl (C=O) groups excluding carboxylic acids is 1. The number of carbonyl (C=O) groups is 1. The first-order chi connectivity index (χ1) is 11.7. The van der Waals surface area contributed by atoms with Crippen LogP contribution in [0.15, 0.2) is 54.6 Å². The second kappa shape index (κ2) is 5.97. The lowest BCUT2D eigenvalue weighted by Gasteiger charge is -2.25. The fraction of sp³-hybridized carbons (Fsp3) is 0.381. The van der Waals surface area contributed by atoms with Crippen molar-refractivity contribution in [1.29, 1.82) is 0 Å². The molecule has 2 aliphatic rings. The number of rotatable bonds is 4. The van der Waals surface area contributed by atoms with Crippen LogP contribution in [0.3, 0.4) is 0 Å². The Morgan fingerprint density at radius 3 is 2.50 bits per heavy atom. The summed E-state index contributed by atoms with van der Waals surface area (Å²) in [6, 6.07) is 18.5. The van der Waals surface area contributed by atoms with Gasteiger partial charge in [-0.05, 0) is 30.9 Å². The molecule has 2 fully saturated rings. The molecule has 0 radical (unpaired) electrons. The topological polar surface area (TPSA) is 29.5 Å². The number of likely N-dealkylation sites (tertiary alicyclic amines) is 1. The van der Waals surface area contributed by atoms with Crippen LogP contribution >= 0.6 is 0 Å². The molecule has 4 rings (SSSR count). The van der Waals surface area contributed by atoms with Crippen molar-refractivity contribution in [2.45, 2.75) is 30.6 Å². The molecule has 3 heteroatoms. The number of benzene rings is 2. The van der Waals surface area contributed by atoms with Gasteiger partial charge in [-0.3, -0.25) is 4.79 Å². The van der Waals surface area contributed by atoms with Crippen LogP contribution in [0.4, 0.5) is 0 Å². The molecular formula is C21H23NO2. The van der Waals surface area contributed by atoms with Crippen molar-refractivity contribution >= 4 is 5.91 Å². The van der Waals surface area contributed by atoms with E-state index in [1.165, 1.54) is 5.56 Å². The van der Waals surface area contributed by atoms with Gasteiger partial charge in [0.2, 0.25) is 5.91 Å². The number of ether oxygens (including phenoxy) is 1. The number of amides is 1. The largest absolute Gasteiger partial charge is 0.496 e. The second-order valence-corrected chi connectivity index (χ2v) is 6.93. The van der Waals surface area contributed by atoms with Crippen LogP contribution in [0, 0.1) is 0 Å². The Labute approximate surface area is 143 Å². The van der Waals surface area contributed by atoms with Gasteiger partial charge in [-0.25, -0.2) is 0 Å². The van der Waals surface area contributed by atoms with Gasteiger partial charge in [-0.2, -0.15) is 0 Å². The summed E-state index contributed by atoms with van der Waals surface area (Å²) in [5.41, 5.74) is 2.05. The lowest BCUT2D eigenvalue weighted by atomic mass is 9.93. The quantitative estimate of drug-likeness (QED) is 0.858. The molecule has 0 spiro atoms. The van der Waals surface area contributed by atoms with Gasteiger partial charge < -0.3 is 9.64 Å². The highest BCUT2D eigenvalue weighted by molar-refractivity contribution is 5.92. The lowest BCUT2D eigenvalue weighted by molar-refractivity contribution is -0.133. The zero-order valence-electron chi connectivity index (χ0n) is 14.1. The highest BCUT2D eigenvalue weighted by Crippen LogP contribution is 2.53. The Bertz CT molecular complexity index is 737. The van der Waals surface area contributed by atoms with Crippen molar-refractivity contribution in [2.75, 3.05) is 20.2 Å². The van der Waals surface area contributed by atoms with Gasteiger partial charge >= 0.3 is 0 Å². The average Bonchev–Trinajstić information content (AvgIpc) is 3.31. The second-order valence-electron chi connectivity index (χ2n) is 6.93. The van der Waals surface area contributed by atoms with Gasteiger partial charge in [0.15, 0.2) is 0 Å². The Kier molecular flexibility index (Phi) is 3.79. The predicted molar refractivity (Wildman–Crippen MR) is 94.3 cm³/mol. The molecule has 0 N–H and O–H groups in total. The Hall–Kier alpha value is -2.29. The minimum Gasteiger partial charge on any atom is -0.496 e.